The van der Waals surface area contributed by atoms with Crippen molar-refractivity contribution in [1.82, 2.24) is 0 Å². The van der Waals surface area contributed by atoms with Crippen molar-refractivity contribution in [3.8, 4) is 0 Å². The molecule has 0 aliphatic rings. The van der Waals surface area contributed by atoms with Gasteiger partial charge in [0.05, 0.1) is 11.5 Å². The summed E-state index contributed by atoms with van der Waals surface area (Å²) < 4.78 is 0. The number of hydrogen-bond acceptors (Lipinski definition) is 4. The first-order valence-electron chi connectivity index (χ1n) is 3.51. The van der Waals surface area contributed by atoms with Crippen LogP contribution in [0.4, 0.5) is 5.69 Å². The second kappa shape index (κ2) is 4.13. The summed E-state index contributed by atoms with van der Waals surface area (Å²) in [6.45, 7) is 0.210. The number of non-ortho nitro benzene ring substituents is 1. The van der Waals surface area contributed by atoms with Crippen molar-refractivity contribution >= 4 is 11.8 Å². The number of carbonyl (C=O) groups excluding carboxylic acids is 1. The van der Waals surface area contributed by atoms with Gasteiger partial charge in [0, 0.05) is 12.1 Å². The molecule has 0 radical (unpaired) electrons. The van der Waals surface area contributed by atoms with Crippen molar-refractivity contribution in [2.24, 2.45) is 4.99 Å². The topological polar surface area (TPSA) is 72.6 Å². The summed E-state index contributed by atoms with van der Waals surface area (Å²) in [4.78, 5) is 22.9. The van der Waals surface area contributed by atoms with Crippen LogP contribution >= 0.6 is 0 Å². The van der Waals surface area contributed by atoms with Crippen LogP contribution in [0.5, 0.6) is 0 Å². The highest BCUT2D eigenvalue weighted by atomic mass is 16.6. The molecule has 0 aliphatic carbocycles. The fraction of sp³-hybridized carbons (Fsp3) is 0.125. The molecule has 13 heavy (non-hydrogen) atoms. The van der Waals surface area contributed by atoms with Crippen LogP contribution < -0.4 is 0 Å². The molecule has 0 bridgehead atoms. The molecule has 5 heteroatoms. The molecule has 0 N–H and O–H groups in total. The zero-order chi connectivity index (χ0) is 9.68. The first kappa shape index (κ1) is 9.09. The van der Waals surface area contributed by atoms with Gasteiger partial charge in [-0.2, -0.15) is 0 Å². The van der Waals surface area contributed by atoms with Gasteiger partial charge in [-0.1, -0.05) is 12.1 Å². The lowest BCUT2D eigenvalue weighted by Crippen LogP contribution is -1.88. The van der Waals surface area contributed by atoms with E-state index >= 15 is 0 Å². The van der Waals surface area contributed by atoms with Crippen molar-refractivity contribution in [3.05, 3.63) is 39.9 Å². The number of rotatable bonds is 3. The lowest BCUT2D eigenvalue weighted by Gasteiger charge is -1.93. The van der Waals surface area contributed by atoms with E-state index in [2.05, 4.69) is 4.99 Å². The standard InChI is InChI=1S/C8H6N2O3/c11-6-9-5-7-1-3-8(4-2-7)10(12)13/h1-4H,5H2. The maximum absolute atomic E-state index is 10.2. The van der Waals surface area contributed by atoms with Crippen molar-refractivity contribution < 1.29 is 9.72 Å². The Bertz CT molecular complexity index is 352. The second-order valence-electron chi connectivity index (χ2n) is 2.33. The predicted molar refractivity (Wildman–Crippen MR) is 44.9 cm³/mol. The Kier molecular flexibility index (Phi) is 2.89. The number of benzene rings is 1. The third-order valence-corrected chi connectivity index (χ3v) is 1.47. The van der Waals surface area contributed by atoms with Crippen molar-refractivity contribution in [3.63, 3.8) is 0 Å². The molecule has 0 spiro atoms. The molecule has 0 atom stereocenters. The van der Waals surface area contributed by atoms with Crippen LogP contribution in [0.3, 0.4) is 0 Å². The van der Waals surface area contributed by atoms with Crippen LogP contribution in [0.15, 0.2) is 29.3 Å². The second-order valence-corrected chi connectivity index (χ2v) is 2.33. The Morgan fingerprint density at radius 2 is 2.00 bits per heavy atom. The molecule has 66 valence electrons. The molecular weight excluding hydrogens is 172 g/mol. The van der Waals surface area contributed by atoms with Crippen LogP contribution in [0, 0.1) is 10.1 Å². The van der Waals surface area contributed by atoms with Crippen LogP contribution in [0.25, 0.3) is 0 Å². The van der Waals surface area contributed by atoms with Gasteiger partial charge >= 0.3 is 0 Å². The van der Waals surface area contributed by atoms with E-state index < -0.39 is 4.92 Å². The summed E-state index contributed by atoms with van der Waals surface area (Å²) in [7, 11) is 0. The Hall–Kier alpha value is -2.00. The summed E-state index contributed by atoms with van der Waals surface area (Å²) in [5, 5.41) is 10.2. The first-order valence-corrected chi connectivity index (χ1v) is 3.51. The molecule has 0 saturated carbocycles. The van der Waals surface area contributed by atoms with Crippen LogP contribution in [0.2, 0.25) is 0 Å². The summed E-state index contributed by atoms with van der Waals surface area (Å²) in [6, 6.07) is 5.85. The molecule has 5 nitrogen and oxygen atoms in total. The summed E-state index contributed by atoms with van der Waals surface area (Å²) >= 11 is 0. The first-order chi connectivity index (χ1) is 6.24. The van der Waals surface area contributed by atoms with E-state index in [9.17, 15) is 14.9 Å². The Labute approximate surface area is 73.9 Å². The highest BCUT2D eigenvalue weighted by Gasteiger charge is 2.02. The summed E-state index contributed by atoms with van der Waals surface area (Å²) in [6.07, 6.45) is 1.39. The monoisotopic (exact) mass is 178 g/mol. The zero-order valence-corrected chi connectivity index (χ0v) is 6.64. The van der Waals surface area contributed by atoms with Gasteiger partial charge in [-0.3, -0.25) is 10.1 Å². The molecule has 0 aliphatic heterocycles. The van der Waals surface area contributed by atoms with Crippen molar-refractivity contribution in [2.75, 3.05) is 0 Å². The summed E-state index contributed by atoms with van der Waals surface area (Å²) in [5.41, 5.74) is 0.771. The van der Waals surface area contributed by atoms with Crippen LogP contribution in [0.1, 0.15) is 5.56 Å². The normalized spacial score (nSPS) is 8.92. The van der Waals surface area contributed by atoms with Gasteiger partial charge in [-0.25, -0.2) is 9.79 Å². The zero-order valence-electron chi connectivity index (χ0n) is 6.64. The molecule has 1 aromatic rings. The largest absolute Gasteiger partial charge is 0.269 e. The van der Waals surface area contributed by atoms with Gasteiger partial charge in [-0.05, 0) is 5.56 Å². The minimum atomic E-state index is -0.479. The lowest BCUT2D eigenvalue weighted by molar-refractivity contribution is -0.384. The van der Waals surface area contributed by atoms with Crippen molar-refractivity contribution in [2.45, 2.75) is 6.54 Å². The fourth-order valence-corrected chi connectivity index (χ4v) is 0.847. The third-order valence-electron chi connectivity index (χ3n) is 1.47. The van der Waals surface area contributed by atoms with Gasteiger partial charge in [-0.15, -0.1) is 0 Å². The fourth-order valence-electron chi connectivity index (χ4n) is 0.847. The van der Waals surface area contributed by atoms with Crippen molar-refractivity contribution in [1.29, 1.82) is 0 Å². The quantitative estimate of drug-likeness (QED) is 0.304. The molecule has 0 unspecified atom stereocenters. The van der Waals surface area contributed by atoms with Crippen LogP contribution in [-0.4, -0.2) is 11.0 Å². The minimum Gasteiger partial charge on any atom is -0.258 e. The Balaban J connectivity index is 2.80. The molecule has 0 fully saturated rings. The molecule has 1 aromatic carbocycles. The lowest BCUT2D eigenvalue weighted by atomic mass is 10.2. The van der Waals surface area contributed by atoms with Gasteiger partial charge in [0.1, 0.15) is 0 Å². The van der Waals surface area contributed by atoms with E-state index in [0.29, 0.717) is 0 Å². The SMILES string of the molecule is O=C=NCc1ccc([N+](=O)[O-])cc1. The van der Waals surface area contributed by atoms with Crippen LogP contribution in [-0.2, 0) is 11.3 Å². The highest BCUT2D eigenvalue weighted by Crippen LogP contribution is 2.11. The van der Waals surface area contributed by atoms with Gasteiger partial charge < -0.3 is 0 Å². The van der Waals surface area contributed by atoms with E-state index in [4.69, 9.17) is 0 Å². The molecule has 0 aromatic heterocycles. The molecule has 0 heterocycles. The van der Waals surface area contributed by atoms with E-state index in [0.717, 1.165) is 5.56 Å². The number of hydrogen-bond donors (Lipinski definition) is 0. The van der Waals surface area contributed by atoms with Gasteiger partial charge in [0.15, 0.2) is 0 Å². The minimum absolute atomic E-state index is 0.0267. The average Bonchev–Trinajstić information content (AvgIpc) is 2.15. The summed E-state index contributed by atoms with van der Waals surface area (Å²) in [5.74, 6) is 0. The number of nitro groups is 1. The average molecular weight is 178 g/mol. The maximum Gasteiger partial charge on any atom is 0.269 e. The molecule has 1 rings (SSSR count). The van der Waals surface area contributed by atoms with E-state index in [1.54, 1.807) is 12.1 Å². The predicted octanol–water partition coefficient (Wildman–Crippen LogP) is 1.43. The molecule has 0 saturated heterocycles. The molecular formula is C8H6N2O3. The van der Waals surface area contributed by atoms with Gasteiger partial charge in [0.2, 0.25) is 6.08 Å². The number of nitrogens with zero attached hydrogens (tertiary/aromatic N) is 2. The Morgan fingerprint density at radius 1 is 1.38 bits per heavy atom. The van der Waals surface area contributed by atoms with E-state index in [1.807, 2.05) is 0 Å². The number of nitro benzene ring substituents is 1. The number of aliphatic imine (C=N–C) groups is 1. The highest BCUT2D eigenvalue weighted by molar-refractivity contribution is 5.36. The smallest absolute Gasteiger partial charge is 0.258 e. The third kappa shape index (κ3) is 2.50. The maximum atomic E-state index is 10.2. The van der Waals surface area contributed by atoms with E-state index in [1.165, 1.54) is 18.2 Å². The molecule has 0 amide bonds. The Morgan fingerprint density at radius 3 is 2.46 bits per heavy atom. The van der Waals surface area contributed by atoms with Gasteiger partial charge in [0.25, 0.3) is 5.69 Å². The number of isocyanates is 1. The van der Waals surface area contributed by atoms with E-state index in [-0.39, 0.29) is 12.2 Å².